The molecule has 0 fully saturated rings. The summed E-state index contributed by atoms with van der Waals surface area (Å²) >= 11 is 2.95. The number of benzene rings is 1. The average molecular weight is 282 g/mol. The molecule has 6 heteroatoms. The van der Waals surface area contributed by atoms with Gasteiger partial charge in [-0.2, -0.15) is 11.8 Å². The SMILES string of the molecule is CCOc1ccc2nc(NC(=O)CSC)sc2c1. The molecular weight excluding hydrogens is 268 g/mol. The van der Waals surface area contributed by atoms with E-state index in [0.717, 1.165) is 16.0 Å². The molecule has 4 nitrogen and oxygen atoms in total. The third kappa shape index (κ3) is 3.14. The number of hydrogen-bond donors (Lipinski definition) is 1. The van der Waals surface area contributed by atoms with Crippen molar-refractivity contribution in [1.82, 2.24) is 4.98 Å². The molecule has 2 rings (SSSR count). The number of hydrogen-bond acceptors (Lipinski definition) is 5. The number of ether oxygens (including phenoxy) is 1. The summed E-state index contributed by atoms with van der Waals surface area (Å²) < 4.78 is 6.45. The van der Waals surface area contributed by atoms with Crippen LogP contribution in [0.5, 0.6) is 5.75 Å². The van der Waals surface area contributed by atoms with Crippen molar-refractivity contribution in [3.05, 3.63) is 18.2 Å². The fraction of sp³-hybridized carbons (Fsp3) is 0.333. The molecular formula is C12H14N2O2S2. The molecule has 2 aromatic rings. The van der Waals surface area contributed by atoms with Gasteiger partial charge >= 0.3 is 0 Å². The lowest BCUT2D eigenvalue weighted by atomic mass is 10.3. The molecule has 0 aliphatic rings. The minimum atomic E-state index is -0.0217. The highest BCUT2D eigenvalue weighted by Gasteiger charge is 2.08. The second kappa shape index (κ2) is 6.06. The van der Waals surface area contributed by atoms with E-state index in [9.17, 15) is 4.79 Å². The van der Waals surface area contributed by atoms with Gasteiger partial charge in [-0.3, -0.25) is 4.79 Å². The maximum atomic E-state index is 11.5. The molecule has 0 bridgehead atoms. The summed E-state index contributed by atoms with van der Waals surface area (Å²) in [6.45, 7) is 2.59. The topological polar surface area (TPSA) is 51.2 Å². The number of anilines is 1. The quantitative estimate of drug-likeness (QED) is 0.916. The first kappa shape index (κ1) is 13.2. The monoisotopic (exact) mass is 282 g/mol. The van der Waals surface area contributed by atoms with Crippen molar-refractivity contribution in [2.24, 2.45) is 0 Å². The first-order valence-electron chi connectivity index (χ1n) is 5.55. The first-order valence-corrected chi connectivity index (χ1v) is 7.76. The Balaban J connectivity index is 2.19. The van der Waals surface area contributed by atoms with Gasteiger partial charge < -0.3 is 10.1 Å². The van der Waals surface area contributed by atoms with E-state index in [1.165, 1.54) is 23.1 Å². The van der Waals surface area contributed by atoms with E-state index in [4.69, 9.17) is 4.74 Å². The molecule has 0 saturated heterocycles. The van der Waals surface area contributed by atoms with Gasteiger partial charge in [0.25, 0.3) is 0 Å². The summed E-state index contributed by atoms with van der Waals surface area (Å²) in [5.74, 6) is 1.25. The van der Waals surface area contributed by atoms with Gasteiger partial charge in [-0.25, -0.2) is 4.98 Å². The number of amides is 1. The number of nitrogens with one attached hydrogen (secondary N) is 1. The molecule has 1 heterocycles. The third-order valence-corrected chi connectivity index (χ3v) is 3.68. The highest BCUT2D eigenvalue weighted by Crippen LogP contribution is 2.29. The molecule has 0 saturated carbocycles. The molecule has 1 aromatic heterocycles. The van der Waals surface area contributed by atoms with E-state index in [1.807, 2.05) is 31.4 Å². The molecule has 0 radical (unpaired) electrons. The minimum Gasteiger partial charge on any atom is -0.494 e. The largest absolute Gasteiger partial charge is 0.494 e. The van der Waals surface area contributed by atoms with Crippen molar-refractivity contribution in [3.8, 4) is 5.75 Å². The number of thiazole rings is 1. The van der Waals surface area contributed by atoms with E-state index >= 15 is 0 Å². The molecule has 18 heavy (non-hydrogen) atoms. The highest BCUT2D eigenvalue weighted by molar-refractivity contribution is 7.99. The zero-order valence-electron chi connectivity index (χ0n) is 10.2. The third-order valence-electron chi connectivity index (χ3n) is 2.19. The van der Waals surface area contributed by atoms with Crippen LogP contribution in [-0.4, -0.2) is 29.5 Å². The maximum absolute atomic E-state index is 11.5. The van der Waals surface area contributed by atoms with Gasteiger partial charge in [0.1, 0.15) is 5.75 Å². The summed E-state index contributed by atoms with van der Waals surface area (Å²) in [5.41, 5.74) is 0.878. The van der Waals surface area contributed by atoms with E-state index in [1.54, 1.807) is 0 Å². The minimum absolute atomic E-state index is 0.0217. The molecule has 0 unspecified atom stereocenters. The van der Waals surface area contributed by atoms with E-state index in [-0.39, 0.29) is 5.91 Å². The number of fused-ring (bicyclic) bond motifs is 1. The van der Waals surface area contributed by atoms with Crippen LogP contribution in [0.4, 0.5) is 5.13 Å². The predicted octanol–water partition coefficient (Wildman–Crippen LogP) is 3.00. The van der Waals surface area contributed by atoms with Gasteiger partial charge in [0.2, 0.25) is 5.91 Å². The van der Waals surface area contributed by atoms with Crippen LogP contribution in [0, 0.1) is 0 Å². The molecule has 0 aliphatic carbocycles. The Kier molecular flexibility index (Phi) is 4.43. The van der Waals surface area contributed by atoms with Crippen LogP contribution < -0.4 is 10.1 Å². The lowest BCUT2D eigenvalue weighted by molar-refractivity contribution is -0.113. The van der Waals surface area contributed by atoms with Crippen molar-refractivity contribution < 1.29 is 9.53 Å². The fourth-order valence-electron chi connectivity index (χ4n) is 1.50. The van der Waals surface area contributed by atoms with Gasteiger partial charge in [-0.1, -0.05) is 11.3 Å². The molecule has 0 aliphatic heterocycles. The Morgan fingerprint density at radius 3 is 3.11 bits per heavy atom. The number of carbonyl (C=O) groups excluding carboxylic acids is 1. The second-order valence-electron chi connectivity index (χ2n) is 3.56. The number of rotatable bonds is 5. The van der Waals surface area contributed by atoms with Crippen molar-refractivity contribution in [1.29, 1.82) is 0 Å². The molecule has 1 N–H and O–H groups in total. The Labute approximate surface area is 114 Å². The number of carbonyl (C=O) groups is 1. The van der Waals surface area contributed by atoms with Gasteiger partial charge in [0.05, 0.1) is 22.6 Å². The Morgan fingerprint density at radius 1 is 1.56 bits per heavy atom. The van der Waals surface area contributed by atoms with Crippen molar-refractivity contribution in [3.63, 3.8) is 0 Å². The normalized spacial score (nSPS) is 10.6. The van der Waals surface area contributed by atoms with Crippen molar-refractivity contribution >= 4 is 44.4 Å². The van der Waals surface area contributed by atoms with Crippen LogP contribution >= 0.6 is 23.1 Å². The predicted molar refractivity (Wildman–Crippen MR) is 77.8 cm³/mol. The summed E-state index contributed by atoms with van der Waals surface area (Å²) in [6.07, 6.45) is 1.90. The lowest BCUT2D eigenvalue weighted by Crippen LogP contribution is -2.13. The fourth-order valence-corrected chi connectivity index (χ4v) is 2.75. The lowest BCUT2D eigenvalue weighted by Gasteiger charge is -2.00. The van der Waals surface area contributed by atoms with Gasteiger partial charge in [-0.15, -0.1) is 0 Å². The van der Waals surface area contributed by atoms with Gasteiger partial charge in [0.15, 0.2) is 5.13 Å². The summed E-state index contributed by atoms with van der Waals surface area (Å²) in [5, 5.41) is 3.43. The number of aromatic nitrogens is 1. The van der Waals surface area contributed by atoms with E-state index in [0.29, 0.717) is 17.5 Å². The Morgan fingerprint density at radius 2 is 2.39 bits per heavy atom. The molecule has 96 valence electrons. The van der Waals surface area contributed by atoms with Crippen LogP contribution in [-0.2, 0) is 4.79 Å². The van der Waals surface area contributed by atoms with Crippen LogP contribution in [0.2, 0.25) is 0 Å². The molecule has 1 amide bonds. The Hall–Kier alpha value is -1.27. The van der Waals surface area contributed by atoms with Gasteiger partial charge in [-0.05, 0) is 31.4 Å². The van der Waals surface area contributed by atoms with E-state index < -0.39 is 0 Å². The van der Waals surface area contributed by atoms with Gasteiger partial charge in [0, 0.05) is 0 Å². The zero-order chi connectivity index (χ0) is 13.0. The van der Waals surface area contributed by atoms with E-state index in [2.05, 4.69) is 10.3 Å². The maximum Gasteiger partial charge on any atom is 0.236 e. The van der Waals surface area contributed by atoms with Crippen molar-refractivity contribution in [2.75, 3.05) is 23.9 Å². The van der Waals surface area contributed by atoms with Crippen LogP contribution in [0.1, 0.15) is 6.92 Å². The smallest absolute Gasteiger partial charge is 0.236 e. The summed E-state index contributed by atoms with van der Waals surface area (Å²) in [7, 11) is 0. The molecule has 0 atom stereocenters. The standard InChI is InChI=1S/C12H14N2O2S2/c1-3-16-8-4-5-9-10(6-8)18-12(13-9)14-11(15)7-17-2/h4-6H,3,7H2,1-2H3,(H,13,14,15). The molecule has 1 aromatic carbocycles. The number of nitrogens with zero attached hydrogens (tertiary/aromatic N) is 1. The first-order chi connectivity index (χ1) is 8.72. The molecule has 0 spiro atoms. The zero-order valence-corrected chi connectivity index (χ0v) is 11.9. The second-order valence-corrected chi connectivity index (χ2v) is 5.46. The number of thioether (sulfide) groups is 1. The summed E-state index contributed by atoms with van der Waals surface area (Å²) in [6, 6.07) is 5.74. The van der Waals surface area contributed by atoms with Crippen LogP contribution in [0.25, 0.3) is 10.2 Å². The highest BCUT2D eigenvalue weighted by atomic mass is 32.2. The van der Waals surface area contributed by atoms with Crippen LogP contribution in [0.15, 0.2) is 18.2 Å². The summed E-state index contributed by atoms with van der Waals surface area (Å²) in [4.78, 5) is 15.8. The Bertz CT molecular complexity index is 554. The van der Waals surface area contributed by atoms with Crippen molar-refractivity contribution in [2.45, 2.75) is 6.92 Å². The van der Waals surface area contributed by atoms with Crippen LogP contribution in [0.3, 0.4) is 0 Å². The average Bonchev–Trinajstić information content (AvgIpc) is 2.71.